The largest absolute Gasteiger partial charge is 0.359 e. The quantitative estimate of drug-likeness (QED) is 0.926. The van der Waals surface area contributed by atoms with Crippen LogP contribution in [-0.4, -0.2) is 15.1 Å². The van der Waals surface area contributed by atoms with Gasteiger partial charge in [-0.05, 0) is 35.0 Å². The Morgan fingerprint density at radius 2 is 2.33 bits per heavy atom. The van der Waals surface area contributed by atoms with Crippen molar-refractivity contribution in [3.8, 4) is 0 Å². The molecule has 2 aromatic heterocycles. The summed E-state index contributed by atoms with van der Waals surface area (Å²) in [6.45, 7) is 1.94. The van der Waals surface area contributed by atoms with Crippen molar-refractivity contribution in [2.75, 3.05) is 5.32 Å². The number of pyridine rings is 1. The summed E-state index contributed by atoms with van der Waals surface area (Å²) in [7, 11) is 0. The van der Waals surface area contributed by atoms with Crippen molar-refractivity contribution >= 4 is 21.7 Å². The number of halogens is 1. The molecule has 0 spiro atoms. The van der Waals surface area contributed by atoms with Crippen molar-refractivity contribution in [1.29, 1.82) is 0 Å². The van der Waals surface area contributed by atoms with Crippen LogP contribution in [0.2, 0.25) is 0 Å². The zero-order valence-electron chi connectivity index (χ0n) is 8.01. The SMILES string of the molecule is CC(Nc1ncccc1Br)c1ncon1. The Labute approximate surface area is 95.0 Å². The van der Waals surface area contributed by atoms with E-state index in [9.17, 15) is 0 Å². The first kappa shape index (κ1) is 10.1. The zero-order chi connectivity index (χ0) is 10.7. The van der Waals surface area contributed by atoms with Crippen LogP contribution in [-0.2, 0) is 0 Å². The van der Waals surface area contributed by atoms with Gasteiger partial charge >= 0.3 is 0 Å². The Bertz CT molecular complexity index is 431. The summed E-state index contributed by atoms with van der Waals surface area (Å²) >= 11 is 3.40. The first-order valence-electron chi connectivity index (χ1n) is 4.40. The van der Waals surface area contributed by atoms with E-state index >= 15 is 0 Å². The van der Waals surface area contributed by atoms with Gasteiger partial charge in [0.2, 0.25) is 6.39 Å². The highest BCUT2D eigenvalue weighted by atomic mass is 79.9. The van der Waals surface area contributed by atoms with Gasteiger partial charge in [-0.15, -0.1) is 0 Å². The minimum Gasteiger partial charge on any atom is -0.359 e. The molecule has 0 bridgehead atoms. The van der Waals surface area contributed by atoms with E-state index < -0.39 is 0 Å². The standard InChI is InChI=1S/C9H9BrN4O/c1-6(8-12-5-15-14-8)13-9-7(10)3-2-4-11-9/h2-6H,1H3,(H,11,13). The predicted molar refractivity (Wildman–Crippen MR) is 58.3 cm³/mol. The molecule has 5 nitrogen and oxygen atoms in total. The van der Waals surface area contributed by atoms with E-state index in [1.54, 1.807) is 6.20 Å². The van der Waals surface area contributed by atoms with Crippen LogP contribution in [0.4, 0.5) is 5.82 Å². The summed E-state index contributed by atoms with van der Waals surface area (Å²) in [5, 5.41) is 6.92. The third-order valence-corrected chi connectivity index (χ3v) is 2.52. The average molecular weight is 269 g/mol. The van der Waals surface area contributed by atoms with Crippen LogP contribution in [0.3, 0.4) is 0 Å². The molecule has 0 fully saturated rings. The molecule has 0 saturated carbocycles. The van der Waals surface area contributed by atoms with Gasteiger partial charge in [0, 0.05) is 6.20 Å². The van der Waals surface area contributed by atoms with E-state index in [1.807, 2.05) is 19.1 Å². The molecule has 78 valence electrons. The normalized spacial score (nSPS) is 12.4. The molecule has 15 heavy (non-hydrogen) atoms. The van der Waals surface area contributed by atoms with Crippen molar-refractivity contribution in [2.24, 2.45) is 0 Å². The van der Waals surface area contributed by atoms with E-state index in [1.165, 1.54) is 6.39 Å². The summed E-state index contributed by atoms with van der Waals surface area (Å²) in [5.74, 6) is 1.36. The minimum atomic E-state index is -0.0463. The molecule has 2 heterocycles. The number of nitrogens with one attached hydrogen (secondary N) is 1. The van der Waals surface area contributed by atoms with Crippen molar-refractivity contribution < 1.29 is 4.52 Å². The molecule has 0 amide bonds. The Morgan fingerprint density at radius 3 is 3.00 bits per heavy atom. The molecule has 0 aromatic carbocycles. The van der Waals surface area contributed by atoms with Crippen molar-refractivity contribution in [3.63, 3.8) is 0 Å². The van der Waals surface area contributed by atoms with Crippen LogP contribution in [0, 0.1) is 0 Å². The van der Waals surface area contributed by atoms with Gasteiger partial charge in [0.15, 0.2) is 5.82 Å². The second-order valence-corrected chi connectivity index (χ2v) is 3.84. The van der Waals surface area contributed by atoms with Crippen LogP contribution in [0.25, 0.3) is 0 Å². The summed E-state index contributed by atoms with van der Waals surface area (Å²) < 4.78 is 5.57. The Balaban J connectivity index is 2.13. The maximum absolute atomic E-state index is 4.67. The maximum atomic E-state index is 4.67. The van der Waals surface area contributed by atoms with Crippen molar-refractivity contribution in [3.05, 3.63) is 35.0 Å². The zero-order valence-corrected chi connectivity index (χ0v) is 9.60. The van der Waals surface area contributed by atoms with E-state index in [0.29, 0.717) is 5.82 Å². The van der Waals surface area contributed by atoms with Crippen molar-refractivity contribution in [1.82, 2.24) is 15.1 Å². The van der Waals surface area contributed by atoms with Gasteiger partial charge in [-0.3, -0.25) is 0 Å². The van der Waals surface area contributed by atoms with Crippen LogP contribution in [0.5, 0.6) is 0 Å². The molecular formula is C9H9BrN4O. The van der Waals surface area contributed by atoms with Crippen LogP contribution >= 0.6 is 15.9 Å². The van der Waals surface area contributed by atoms with Gasteiger partial charge < -0.3 is 9.84 Å². The molecule has 1 unspecified atom stereocenters. The summed E-state index contributed by atoms with van der Waals surface area (Å²) in [6, 6.07) is 3.72. The molecule has 6 heteroatoms. The maximum Gasteiger partial charge on any atom is 0.213 e. The fourth-order valence-corrected chi connectivity index (χ4v) is 1.50. The second-order valence-electron chi connectivity index (χ2n) is 2.99. The van der Waals surface area contributed by atoms with Crippen LogP contribution in [0.1, 0.15) is 18.8 Å². The number of aromatic nitrogens is 3. The molecular weight excluding hydrogens is 260 g/mol. The smallest absolute Gasteiger partial charge is 0.213 e. The molecule has 0 saturated heterocycles. The molecule has 2 rings (SSSR count). The Kier molecular flexibility index (Phi) is 2.96. The molecule has 0 aliphatic carbocycles. The van der Waals surface area contributed by atoms with E-state index in [4.69, 9.17) is 0 Å². The highest BCUT2D eigenvalue weighted by molar-refractivity contribution is 9.10. The van der Waals surface area contributed by atoms with E-state index in [0.717, 1.165) is 10.3 Å². The lowest BCUT2D eigenvalue weighted by Crippen LogP contribution is -2.09. The van der Waals surface area contributed by atoms with E-state index in [-0.39, 0.29) is 6.04 Å². The second kappa shape index (κ2) is 4.39. The predicted octanol–water partition coefficient (Wildman–Crippen LogP) is 2.40. The lowest BCUT2D eigenvalue weighted by Gasteiger charge is -2.11. The van der Waals surface area contributed by atoms with Crippen LogP contribution in [0.15, 0.2) is 33.7 Å². The van der Waals surface area contributed by atoms with Gasteiger partial charge in [0.05, 0.1) is 10.5 Å². The van der Waals surface area contributed by atoms with Gasteiger partial charge in [-0.1, -0.05) is 5.16 Å². The van der Waals surface area contributed by atoms with Crippen LogP contribution < -0.4 is 5.32 Å². The van der Waals surface area contributed by atoms with Crippen molar-refractivity contribution in [2.45, 2.75) is 13.0 Å². The molecule has 0 radical (unpaired) electrons. The molecule has 0 aliphatic rings. The summed E-state index contributed by atoms with van der Waals surface area (Å²) in [5.41, 5.74) is 0. The van der Waals surface area contributed by atoms with Gasteiger partial charge in [-0.25, -0.2) is 4.98 Å². The fraction of sp³-hybridized carbons (Fsp3) is 0.222. The number of hydrogen-bond donors (Lipinski definition) is 1. The summed E-state index contributed by atoms with van der Waals surface area (Å²) in [6.07, 6.45) is 3.02. The molecule has 0 aliphatic heterocycles. The highest BCUT2D eigenvalue weighted by Crippen LogP contribution is 2.22. The number of hydrogen-bond acceptors (Lipinski definition) is 5. The lowest BCUT2D eigenvalue weighted by atomic mass is 10.3. The van der Waals surface area contributed by atoms with Gasteiger partial charge in [0.1, 0.15) is 5.82 Å². The molecule has 1 N–H and O–H groups in total. The summed E-state index contributed by atoms with van der Waals surface area (Å²) in [4.78, 5) is 8.14. The lowest BCUT2D eigenvalue weighted by molar-refractivity contribution is 0.407. The highest BCUT2D eigenvalue weighted by Gasteiger charge is 2.11. The number of anilines is 1. The number of rotatable bonds is 3. The monoisotopic (exact) mass is 268 g/mol. The third-order valence-electron chi connectivity index (χ3n) is 1.88. The first-order valence-corrected chi connectivity index (χ1v) is 5.20. The average Bonchev–Trinajstić information content (AvgIpc) is 2.74. The Morgan fingerprint density at radius 1 is 1.47 bits per heavy atom. The third kappa shape index (κ3) is 2.33. The topological polar surface area (TPSA) is 63.8 Å². The number of nitrogens with zero attached hydrogens (tertiary/aromatic N) is 3. The van der Waals surface area contributed by atoms with E-state index in [2.05, 4.69) is 40.9 Å². The Hall–Kier alpha value is -1.43. The molecule has 1 atom stereocenters. The van der Waals surface area contributed by atoms with Gasteiger partial charge in [0.25, 0.3) is 0 Å². The fourth-order valence-electron chi connectivity index (χ4n) is 1.13. The minimum absolute atomic E-state index is 0.0463. The van der Waals surface area contributed by atoms with Gasteiger partial charge in [-0.2, -0.15) is 4.98 Å². The first-order chi connectivity index (χ1) is 7.27. The molecule has 2 aromatic rings.